The van der Waals surface area contributed by atoms with Gasteiger partial charge >= 0.3 is 5.97 Å². The van der Waals surface area contributed by atoms with Crippen LogP contribution in [-0.2, 0) is 4.79 Å². The number of aliphatic carboxylic acids is 1. The van der Waals surface area contributed by atoms with Crippen LogP contribution in [0.2, 0.25) is 0 Å². The lowest BCUT2D eigenvalue weighted by atomic mass is 10.00. The first-order valence-corrected chi connectivity index (χ1v) is 7.24. The predicted molar refractivity (Wildman–Crippen MR) is 83.5 cm³/mol. The van der Waals surface area contributed by atoms with Gasteiger partial charge in [-0.3, -0.25) is 10.1 Å². The molecule has 2 rings (SSSR count). The monoisotopic (exact) mass is 287 g/mol. The largest absolute Gasteiger partial charge is 0.507 e. The standard InChI is InChI=1S/C17H21NO3/c1-3-6-15(17(20)21)18-11(2)13-10-9-12-7-4-5-8-14(12)16(13)19/h4-5,7-11,15,18-19H,3,6H2,1-2H3,(H,20,21). The average molecular weight is 287 g/mol. The number of carboxylic acid groups (broad SMARTS) is 1. The minimum atomic E-state index is -0.857. The summed E-state index contributed by atoms with van der Waals surface area (Å²) in [5.74, 6) is -0.641. The Kier molecular flexibility index (Phi) is 4.81. The Hall–Kier alpha value is -2.07. The van der Waals surface area contributed by atoms with E-state index in [0.29, 0.717) is 6.42 Å². The van der Waals surface area contributed by atoms with Crippen LogP contribution in [0.15, 0.2) is 36.4 Å². The maximum atomic E-state index is 11.2. The van der Waals surface area contributed by atoms with Gasteiger partial charge in [0.1, 0.15) is 11.8 Å². The van der Waals surface area contributed by atoms with Crippen LogP contribution in [0.25, 0.3) is 10.8 Å². The summed E-state index contributed by atoms with van der Waals surface area (Å²) in [6.07, 6.45) is 1.36. The molecule has 0 aliphatic carbocycles. The van der Waals surface area contributed by atoms with E-state index >= 15 is 0 Å². The van der Waals surface area contributed by atoms with E-state index in [-0.39, 0.29) is 11.8 Å². The zero-order valence-electron chi connectivity index (χ0n) is 12.3. The summed E-state index contributed by atoms with van der Waals surface area (Å²) in [5, 5.41) is 24.5. The number of hydrogen-bond donors (Lipinski definition) is 3. The second-order valence-electron chi connectivity index (χ2n) is 5.29. The second-order valence-corrected chi connectivity index (χ2v) is 5.29. The van der Waals surface area contributed by atoms with Gasteiger partial charge in [0.25, 0.3) is 0 Å². The van der Waals surface area contributed by atoms with Crippen LogP contribution in [0.4, 0.5) is 0 Å². The normalized spacial score (nSPS) is 14.0. The van der Waals surface area contributed by atoms with E-state index in [4.69, 9.17) is 0 Å². The molecule has 0 aliphatic rings. The third-order valence-electron chi connectivity index (χ3n) is 3.72. The van der Waals surface area contributed by atoms with Crippen molar-refractivity contribution in [3.05, 3.63) is 42.0 Å². The fraction of sp³-hybridized carbons (Fsp3) is 0.353. The van der Waals surface area contributed by atoms with Gasteiger partial charge in [0, 0.05) is 17.0 Å². The van der Waals surface area contributed by atoms with Crippen LogP contribution in [-0.4, -0.2) is 22.2 Å². The first-order valence-electron chi connectivity index (χ1n) is 7.24. The summed E-state index contributed by atoms with van der Waals surface area (Å²) >= 11 is 0. The van der Waals surface area contributed by atoms with Gasteiger partial charge in [0.2, 0.25) is 0 Å². The number of fused-ring (bicyclic) bond motifs is 1. The van der Waals surface area contributed by atoms with Gasteiger partial charge in [0.05, 0.1) is 0 Å². The number of phenols is 1. The number of hydrogen-bond acceptors (Lipinski definition) is 3. The van der Waals surface area contributed by atoms with Gasteiger partial charge in [-0.25, -0.2) is 0 Å². The number of carboxylic acids is 1. The molecule has 21 heavy (non-hydrogen) atoms. The fourth-order valence-electron chi connectivity index (χ4n) is 2.58. The maximum Gasteiger partial charge on any atom is 0.320 e. The molecule has 0 radical (unpaired) electrons. The molecule has 0 saturated carbocycles. The van der Waals surface area contributed by atoms with E-state index in [9.17, 15) is 15.0 Å². The summed E-state index contributed by atoms with van der Waals surface area (Å²) in [5.41, 5.74) is 0.719. The van der Waals surface area contributed by atoms with Gasteiger partial charge in [-0.15, -0.1) is 0 Å². The van der Waals surface area contributed by atoms with Crippen LogP contribution in [0.3, 0.4) is 0 Å². The van der Waals surface area contributed by atoms with Gasteiger partial charge in [-0.05, 0) is 18.7 Å². The molecule has 3 N–H and O–H groups in total. The first kappa shape index (κ1) is 15.3. The van der Waals surface area contributed by atoms with Crippen molar-refractivity contribution >= 4 is 16.7 Å². The third-order valence-corrected chi connectivity index (χ3v) is 3.72. The number of nitrogens with one attached hydrogen (secondary N) is 1. The molecule has 4 nitrogen and oxygen atoms in total. The van der Waals surface area contributed by atoms with Crippen LogP contribution < -0.4 is 5.32 Å². The summed E-state index contributed by atoms with van der Waals surface area (Å²) in [6, 6.07) is 10.6. The zero-order valence-corrected chi connectivity index (χ0v) is 12.3. The number of rotatable bonds is 6. The summed E-state index contributed by atoms with van der Waals surface area (Å²) in [6.45, 7) is 3.82. The summed E-state index contributed by atoms with van der Waals surface area (Å²) in [4.78, 5) is 11.2. The van der Waals surface area contributed by atoms with Crippen molar-refractivity contribution in [2.24, 2.45) is 0 Å². The van der Waals surface area contributed by atoms with Crippen LogP contribution in [0.1, 0.15) is 38.3 Å². The number of benzene rings is 2. The highest BCUT2D eigenvalue weighted by Crippen LogP contribution is 2.32. The molecule has 2 aromatic carbocycles. The summed E-state index contributed by atoms with van der Waals surface area (Å²) in [7, 11) is 0. The Bertz CT molecular complexity index is 639. The van der Waals surface area contributed by atoms with Gasteiger partial charge < -0.3 is 10.2 Å². The molecule has 0 heterocycles. The lowest BCUT2D eigenvalue weighted by Crippen LogP contribution is -2.38. The zero-order chi connectivity index (χ0) is 15.4. The SMILES string of the molecule is CCCC(NC(C)c1ccc2ccccc2c1O)C(=O)O. The molecule has 2 atom stereocenters. The van der Waals surface area contributed by atoms with E-state index in [1.165, 1.54) is 0 Å². The van der Waals surface area contributed by atoms with Crippen LogP contribution in [0.5, 0.6) is 5.75 Å². The van der Waals surface area contributed by atoms with Crippen molar-refractivity contribution in [2.45, 2.75) is 38.8 Å². The minimum absolute atomic E-state index is 0.216. The molecular formula is C17H21NO3. The number of aromatic hydroxyl groups is 1. The Balaban J connectivity index is 2.28. The minimum Gasteiger partial charge on any atom is -0.507 e. The number of phenolic OH excluding ortho intramolecular Hbond substituents is 1. The molecule has 0 spiro atoms. The molecule has 0 saturated heterocycles. The van der Waals surface area contributed by atoms with Crippen molar-refractivity contribution in [1.82, 2.24) is 5.32 Å². The van der Waals surface area contributed by atoms with E-state index < -0.39 is 12.0 Å². The van der Waals surface area contributed by atoms with Crippen LogP contribution >= 0.6 is 0 Å². The highest BCUT2D eigenvalue weighted by Gasteiger charge is 2.21. The molecule has 0 aromatic heterocycles. The van der Waals surface area contributed by atoms with Crippen molar-refractivity contribution in [3.63, 3.8) is 0 Å². The molecule has 4 heteroatoms. The average Bonchev–Trinajstić information content (AvgIpc) is 2.47. The van der Waals surface area contributed by atoms with Gasteiger partial charge in [-0.2, -0.15) is 0 Å². The Labute approximate surface area is 124 Å². The molecule has 0 amide bonds. The van der Waals surface area contributed by atoms with Crippen molar-refractivity contribution < 1.29 is 15.0 Å². The predicted octanol–water partition coefficient (Wildman–Crippen LogP) is 3.45. The molecule has 0 aliphatic heterocycles. The van der Waals surface area contributed by atoms with E-state index in [0.717, 1.165) is 22.8 Å². The molecule has 112 valence electrons. The molecule has 0 bridgehead atoms. The highest BCUT2D eigenvalue weighted by atomic mass is 16.4. The first-order chi connectivity index (χ1) is 10.0. The second kappa shape index (κ2) is 6.59. The molecule has 2 unspecified atom stereocenters. The maximum absolute atomic E-state index is 11.2. The Morgan fingerprint density at radius 1 is 1.24 bits per heavy atom. The third kappa shape index (κ3) is 3.34. The lowest BCUT2D eigenvalue weighted by Gasteiger charge is -2.21. The van der Waals surface area contributed by atoms with Crippen molar-refractivity contribution in [2.75, 3.05) is 0 Å². The van der Waals surface area contributed by atoms with E-state index in [2.05, 4.69) is 5.32 Å². The van der Waals surface area contributed by atoms with Gasteiger partial charge in [0.15, 0.2) is 0 Å². The van der Waals surface area contributed by atoms with Crippen molar-refractivity contribution in [3.8, 4) is 5.75 Å². The van der Waals surface area contributed by atoms with E-state index in [1.54, 1.807) is 0 Å². The molecule has 0 fully saturated rings. The lowest BCUT2D eigenvalue weighted by molar-refractivity contribution is -0.139. The Morgan fingerprint density at radius 3 is 2.62 bits per heavy atom. The quantitative estimate of drug-likeness (QED) is 0.761. The Morgan fingerprint density at radius 2 is 1.95 bits per heavy atom. The molecular weight excluding hydrogens is 266 g/mol. The number of carbonyl (C=O) groups is 1. The highest BCUT2D eigenvalue weighted by molar-refractivity contribution is 5.89. The smallest absolute Gasteiger partial charge is 0.320 e. The molecule has 2 aromatic rings. The van der Waals surface area contributed by atoms with Crippen LogP contribution in [0, 0.1) is 0 Å². The van der Waals surface area contributed by atoms with Gasteiger partial charge in [-0.1, -0.05) is 49.7 Å². The topological polar surface area (TPSA) is 69.6 Å². The summed E-state index contributed by atoms with van der Waals surface area (Å²) < 4.78 is 0. The van der Waals surface area contributed by atoms with Crippen molar-refractivity contribution in [1.29, 1.82) is 0 Å². The van der Waals surface area contributed by atoms with E-state index in [1.807, 2.05) is 50.2 Å². The fourth-order valence-corrected chi connectivity index (χ4v) is 2.58.